The standard InChI is InChI=1S/C24H32N6O9/c1-14(31)37-13-38-22(35)30-21(28-12-26)15-5-6-17(29-15)24(11-25)20(34)19(33)16(39-24)10-36-18(32)9-23(27)7-3-2-4-8-23/h5-6,12,16,19-20,29,33-34H,2-4,7-10,13,27H2,1H3,(H2,26,28,30,35)/t16-,19-,20-,24+/m1/s1. The lowest BCUT2D eigenvalue weighted by Gasteiger charge is -2.32. The van der Waals surface area contributed by atoms with Crippen molar-refractivity contribution in [1.29, 1.82) is 10.7 Å². The summed E-state index contributed by atoms with van der Waals surface area (Å²) in [5.41, 5.74) is 3.66. The molecule has 212 valence electrons. The van der Waals surface area contributed by atoms with Crippen LogP contribution in [0.25, 0.3) is 0 Å². The summed E-state index contributed by atoms with van der Waals surface area (Å²) >= 11 is 0. The lowest BCUT2D eigenvalue weighted by atomic mass is 9.80. The average molecular weight is 549 g/mol. The highest BCUT2D eigenvalue weighted by Gasteiger charge is 2.57. The van der Waals surface area contributed by atoms with Crippen LogP contribution in [0, 0.1) is 16.7 Å². The number of aromatic nitrogens is 1. The van der Waals surface area contributed by atoms with Crippen LogP contribution in [0.15, 0.2) is 17.1 Å². The van der Waals surface area contributed by atoms with Crippen LogP contribution in [0.2, 0.25) is 0 Å². The molecule has 2 aliphatic rings. The fraction of sp³-hybridized carbons (Fsp3) is 0.583. The number of nitrogens with two attached hydrogens (primary N) is 1. The minimum atomic E-state index is -2.08. The highest BCUT2D eigenvalue weighted by atomic mass is 16.7. The molecular weight excluding hydrogens is 516 g/mol. The van der Waals surface area contributed by atoms with Crippen molar-refractivity contribution in [3.05, 3.63) is 23.5 Å². The topological polar surface area (TPSA) is 242 Å². The Hall–Kier alpha value is -3.84. The first-order valence-corrected chi connectivity index (χ1v) is 12.3. The van der Waals surface area contributed by atoms with Crippen LogP contribution in [0.1, 0.15) is 56.8 Å². The third-order valence-corrected chi connectivity index (χ3v) is 6.59. The maximum Gasteiger partial charge on any atom is 0.415 e. The molecule has 0 unspecified atom stereocenters. The number of amidine groups is 1. The molecule has 39 heavy (non-hydrogen) atoms. The van der Waals surface area contributed by atoms with Gasteiger partial charge in [-0.05, 0) is 25.0 Å². The molecule has 0 spiro atoms. The summed E-state index contributed by atoms with van der Waals surface area (Å²) in [4.78, 5) is 41.7. The molecule has 2 fully saturated rings. The van der Waals surface area contributed by atoms with Gasteiger partial charge in [-0.15, -0.1) is 0 Å². The number of aliphatic hydroxyl groups excluding tert-OH is 2. The number of H-pyrrole nitrogens is 1. The molecule has 15 heteroatoms. The SMILES string of the molecule is CC(=O)OCOC(=O)NC(=NC=N)c1ccc([C@]2(C#N)O[C@H](COC(=O)CC3(N)CCCCC3)[C@@H](O)[C@H]2O)[nH]1. The lowest BCUT2D eigenvalue weighted by Crippen LogP contribution is -2.44. The second-order valence-electron chi connectivity index (χ2n) is 9.43. The molecule has 4 atom stereocenters. The van der Waals surface area contributed by atoms with Crippen molar-refractivity contribution in [2.75, 3.05) is 13.4 Å². The molecule has 1 saturated heterocycles. The molecular formula is C24H32N6O9. The van der Waals surface area contributed by atoms with E-state index in [4.69, 9.17) is 20.6 Å². The van der Waals surface area contributed by atoms with Gasteiger partial charge in [0.05, 0.1) is 17.8 Å². The van der Waals surface area contributed by atoms with Crippen LogP contribution in [0.3, 0.4) is 0 Å². The summed E-state index contributed by atoms with van der Waals surface area (Å²) in [6, 6.07) is 4.59. The molecule has 0 bridgehead atoms. The summed E-state index contributed by atoms with van der Waals surface area (Å²) in [5, 5.41) is 40.8. The lowest BCUT2D eigenvalue weighted by molar-refractivity contribution is -0.152. The van der Waals surface area contributed by atoms with E-state index in [1.54, 1.807) is 0 Å². The van der Waals surface area contributed by atoms with Gasteiger partial charge < -0.3 is 39.9 Å². The van der Waals surface area contributed by atoms with E-state index >= 15 is 0 Å². The molecule has 1 amide bonds. The Labute approximate surface area is 223 Å². The Morgan fingerprint density at radius 1 is 1.28 bits per heavy atom. The molecule has 7 N–H and O–H groups in total. The number of aliphatic hydroxyl groups is 2. The molecule has 0 aromatic carbocycles. The van der Waals surface area contributed by atoms with Crippen molar-refractivity contribution in [3.8, 4) is 6.07 Å². The predicted octanol–water partition coefficient (Wildman–Crippen LogP) is 0.0496. The summed E-state index contributed by atoms with van der Waals surface area (Å²) in [6.07, 6.45) is -0.600. The number of alkyl carbamates (subject to hydrolysis) is 1. The number of nitrogens with one attached hydrogen (secondary N) is 3. The van der Waals surface area contributed by atoms with Gasteiger partial charge in [-0.2, -0.15) is 5.26 Å². The van der Waals surface area contributed by atoms with Crippen molar-refractivity contribution in [1.82, 2.24) is 10.3 Å². The number of ether oxygens (including phenoxy) is 4. The zero-order valence-corrected chi connectivity index (χ0v) is 21.3. The summed E-state index contributed by atoms with van der Waals surface area (Å²) < 4.78 is 20.2. The number of carbonyl (C=O) groups excluding carboxylic acids is 3. The number of carbonyl (C=O) groups is 3. The first-order valence-electron chi connectivity index (χ1n) is 12.3. The van der Waals surface area contributed by atoms with Crippen molar-refractivity contribution < 1.29 is 43.5 Å². The average Bonchev–Trinajstić information content (AvgIpc) is 3.47. The third kappa shape index (κ3) is 7.18. The van der Waals surface area contributed by atoms with Gasteiger partial charge in [-0.25, -0.2) is 9.79 Å². The number of aromatic amines is 1. The number of hydrogen-bond donors (Lipinski definition) is 6. The molecule has 1 saturated carbocycles. The van der Waals surface area contributed by atoms with Gasteiger partial charge in [0.15, 0.2) is 5.84 Å². The minimum Gasteiger partial charge on any atom is -0.463 e. The minimum absolute atomic E-state index is 0.00347. The number of rotatable bonds is 9. The maximum atomic E-state index is 12.4. The molecule has 15 nitrogen and oxygen atoms in total. The molecule has 0 radical (unpaired) electrons. The van der Waals surface area contributed by atoms with Crippen LogP contribution < -0.4 is 11.1 Å². The molecule has 1 aliphatic carbocycles. The van der Waals surface area contributed by atoms with E-state index in [0.717, 1.165) is 26.2 Å². The highest BCUT2D eigenvalue weighted by Crippen LogP contribution is 2.39. The molecule has 1 aromatic heterocycles. The Morgan fingerprint density at radius 3 is 2.64 bits per heavy atom. The van der Waals surface area contributed by atoms with Gasteiger partial charge in [0.25, 0.3) is 0 Å². The van der Waals surface area contributed by atoms with Crippen LogP contribution in [-0.2, 0) is 34.1 Å². The fourth-order valence-electron chi connectivity index (χ4n) is 4.56. The molecule has 3 rings (SSSR count). The monoisotopic (exact) mass is 548 g/mol. The molecule has 1 aliphatic heterocycles. The summed E-state index contributed by atoms with van der Waals surface area (Å²) in [5.74, 6) is -1.43. The normalized spacial score (nSPS) is 26.2. The number of nitriles is 1. The van der Waals surface area contributed by atoms with E-state index in [9.17, 15) is 29.9 Å². The van der Waals surface area contributed by atoms with E-state index in [0.29, 0.717) is 19.2 Å². The van der Waals surface area contributed by atoms with Crippen molar-refractivity contribution in [2.45, 2.75) is 74.9 Å². The molecule has 1 aromatic rings. The first kappa shape index (κ1) is 29.7. The van der Waals surface area contributed by atoms with Crippen LogP contribution in [-0.4, -0.2) is 82.7 Å². The van der Waals surface area contributed by atoms with Crippen molar-refractivity contribution in [2.24, 2.45) is 10.7 Å². The number of aliphatic imine (C=N–C) groups is 1. The van der Waals surface area contributed by atoms with Gasteiger partial charge in [-0.3, -0.25) is 20.3 Å². The van der Waals surface area contributed by atoms with E-state index in [1.165, 1.54) is 12.1 Å². The van der Waals surface area contributed by atoms with Gasteiger partial charge >= 0.3 is 18.0 Å². The van der Waals surface area contributed by atoms with Crippen LogP contribution >= 0.6 is 0 Å². The van der Waals surface area contributed by atoms with Gasteiger partial charge in [0, 0.05) is 12.5 Å². The quantitative estimate of drug-likeness (QED) is 0.104. The maximum absolute atomic E-state index is 12.4. The first-order chi connectivity index (χ1) is 18.5. The Morgan fingerprint density at radius 2 is 2.00 bits per heavy atom. The zero-order valence-electron chi connectivity index (χ0n) is 21.3. The van der Waals surface area contributed by atoms with Gasteiger partial charge in [0.2, 0.25) is 12.4 Å². The van der Waals surface area contributed by atoms with E-state index in [2.05, 4.69) is 24.8 Å². The second-order valence-corrected chi connectivity index (χ2v) is 9.43. The Bertz CT molecular complexity index is 1140. The number of esters is 2. The van der Waals surface area contributed by atoms with E-state index in [1.807, 2.05) is 6.07 Å². The van der Waals surface area contributed by atoms with E-state index in [-0.39, 0.29) is 23.6 Å². The fourth-order valence-corrected chi connectivity index (χ4v) is 4.56. The van der Waals surface area contributed by atoms with Crippen molar-refractivity contribution >= 4 is 30.2 Å². The second kappa shape index (κ2) is 12.8. The van der Waals surface area contributed by atoms with Crippen LogP contribution in [0.5, 0.6) is 0 Å². The zero-order chi connectivity index (χ0) is 28.6. The van der Waals surface area contributed by atoms with Gasteiger partial charge in [-0.1, -0.05) is 19.3 Å². The summed E-state index contributed by atoms with van der Waals surface area (Å²) in [7, 11) is 0. The smallest absolute Gasteiger partial charge is 0.415 e. The third-order valence-electron chi connectivity index (χ3n) is 6.59. The Balaban J connectivity index is 1.68. The summed E-state index contributed by atoms with van der Waals surface area (Å²) in [6.45, 7) is 0.0650. The largest absolute Gasteiger partial charge is 0.463 e. The highest BCUT2D eigenvalue weighted by molar-refractivity contribution is 6.07. The predicted molar refractivity (Wildman–Crippen MR) is 132 cm³/mol. The number of amides is 1. The Kier molecular flexibility index (Phi) is 9.76. The van der Waals surface area contributed by atoms with E-state index < -0.39 is 60.9 Å². The molecule has 2 heterocycles. The van der Waals surface area contributed by atoms with Crippen molar-refractivity contribution in [3.63, 3.8) is 0 Å². The van der Waals surface area contributed by atoms with Crippen LogP contribution in [0.4, 0.5) is 4.79 Å². The number of hydrogen-bond acceptors (Lipinski definition) is 12. The van der Waals surface area contributed by atoms with Gasteiger partial charge in [0.1, 0.15) is 37.3 Å². The number of nitrogens with zero attached hydrogens (tertiary/aromatic N) is 2.